The summed E-state index contributed by atoms with van der Waals surface area (Å²) >= 11 is 0. The molecule has 0 saturated carbocycles. The predicted molar refractivity (Wildman–Crippen MR) is 61.7 cm³/mol. The van der Waals surface area contributed by atoms with Crippen LogP contribution in [-0.4, -0.2) is 44.3 Å². The minimum atomic E-state index is 0.307. The lowest BCUT2D eigenvalue weighted by Crippen LogP contribution is -2.55. The van der Waals surface area contributed by atoms with Gasteiger partial charge in [0.25, 0.3) is 0 Å². The van der Waals surface area contributed by atoms with E-state index in [4.69, 9.17) is 10.5 Å². The van der Waals surface area contributed by atoms with Crippen LogP contribution >= 0.6 is 0 Å². The largest absolute Gasteiger partial charge is 0.380 e. The van der Waals surface area contributed by atoms with E-state index >= 15 is 0 Å². The Morgan fingerprint density at radius 1 is 1.53 bits per heavy atom. The molecule has 2 rings (SSSR count). The normalized spacial score (nSPS) is 33.4. The smallest absolute Gasteiger partial charge is 0.0548 e. The number of nitrogens with zero attached hydrogens (tertiary/aromatic N) is 1. The highest BCUT2D eigenvalue weighted by atomic mass is 16.5. The van der Waals surface area contributed by atoms with E-state index in [1.807, 2.05) is 0 Å². The summed E-state index contributed by atoms with van der Waals surface area (Å²) in [7, 11) is 2.23. The average molecular weight is 212 g/mol. The molecule has 2 unspecified atom stereocenters. The van der Waals surface area contributed by atoms with Crippen molar-refractivity contribution in [2.24, 2.45) is 17.1 Å². The van der Waals surface area contributed by atoms with E-state index in [9.17, 15) is 0 Å². The van der Waals surface area contributed by atoms with Crippen LogP contribution in [0.2, 0.25) is 0 Å². The first-order valence-electron chi connectivity index (χ1n) is 6.14. The van der Waals surface area contributed by atoms with Crippen LogP contribution < -0.4 is 5.73 Å². The molecule has 0 aromatic carbocycles. The van der Waals surface area contributed by atoms with E-state index in [1.165, 1.54) is 25.9 Å². The number of hydrogen-bond donors (Lipinski definition) is 1. The van der Waals surface area contributed by atoms with Crippen molar-refractivity contribution in [2.45, 2.75) is 32.2 Å². The second-order valence-corrected chi connectivity index (χ2v) is 5.64. The molecule has 0 spiro atoms. The number of hydrogen-bond acceptors (Lipinski definition) is 3. The molecule has 3 heteroatoms. The molecule has 2 aliphatic heterocycles. The summed E-state index contributed by atoms with van der Waals surface area (Å²) in [5, 5.41) is 0. The first kappa shape index (κ1) is 11.4. The van der Waals surface area contributed by atoms with Crippen molar-refractivity contribution >= 4 is 0 Å². The van der Waals surface area contributed by atoms with Gasteiger partial charge in [0.1, 0.15) is 0 Å². The van der Waals surface area contributed by atoms with Crippen LogP contribution in [0.4, 0.5) is 0 Å². The summed E-state index contributed by atoms with van der Waals surface area (Å²) < 4.78 is 5.45. The van der Waals surface area contributed by atoms with Gasteiger partial charge in [-0.25, -0.2) is 0 Å². The van der Waals surface area contributed by atoms with Crippen molar-refractivity contribution in [1.82, 2.24) is 4.90 Å². The molecule has 0 radical (unpaired) electrons. The number of rotatable bonds is 3. The fourth-order valence-corrected chi connectivity index (χ4v) is 3.19. The third kappa shape index (κ3) is 2.35. The molecule has 2 aliphatic rings. The van der Waals surface area contributed by atoms with Crippen molar-refractivity contribution in [3.05, 3.63) is 0 Å². The van der Waals surface area contributed by atoms with E-state index in [2.05, 4.69) is 18.9 Å². The Kier molecular flexibility index (Phi) is 3.33. The van der Waals surface area contributed by atoms with Crippen LogP contribution in [-0.2, 0) is 4.74 Å². The van der Waals surface area contributed by atoms with Crippen LogP contribution in [0.15, 0.2) is 0 Å². The Balaban J connectivity index is 1.98. The van der Waals surface area contributed by atoms with Crippen LogP contribution in [0.1, 0.15) is 26.2 Å². The number of ether oxygens (including phenoxy) is 1. The minimum absolute atomic E-state index is 0.307. The van der Waals surface area contributed by atoms with Gasteiger partial charge < -0.3 is 15.4 Å². The van der Waals surface area contributed by atoms with Gasteiger partial charge in [0.15, 0.2) is 0 Å². The Morgan fingerprint density at radius 3 is 2.73 bits per heavy atom. The van der Waals surface area contributed by atoms with E-state index in [-0.39, 0.29) is 0 Å². The molecule has 15 heavy (non-hydrogen) atoms. The Morgan fingerprint density at radius 2 is 2.27 bits per heavy atom. The van der Waals surface area contributed by atoms with E-state index in [1.54, 1.807) is 0 Å². The van der Waals surface area contributed by atoms with Gasteiger partial charge in [-0.05, 0) is 45.7 Å². The maximum absolute atomic E-state index is 5.96. The van der Waals surface area contributed by atoms with E-state index < -0.39 is 0 Å². The maximum Gasteiger partial charge on any atom is 0.0548 e. The zero-order chi connectivity index (χ0) is 10.9. The molecule has 2 atom stereocenters. The third-order valence-corrected chi connectivity index (χ3v) is 4.00. The van der Waals surface area contributed by atoms with Gasteiger partial charge in [-0.1, -0.05) is 0 Å². The summed E-state index contributed by atoms with van der Waals surface area (Å²) in [5.74, 6) is 0.802. The average Bonchev–Trinajstić information content (AvgIpc) is 2.11. The topological polar surface area (TPSA) is 38.5 Å². The second-order valence-electron chi connectivity index (χ2n) is 5.64. The van der Waals surface area contributed by atoms with Gasteiger partial charge in [0.05, 0.1) is 13.2 Å². The summed E-state index contributed by atoms with van der Waals surface area (Å²) in [5.41, 5.74) is 6.37. The molecule has 0 aromatic rings. The summed E-state index contributed by atoms with van der Waals surface area (Å²) in [4.78, 5) is 2.45. The molecular formula is C12H24N2O. The number of piperidine rings is 1. The zero-order valence-electron chi connectivity index (χ0n) is 10.0. The first-order valence-corrected chi connectivity index (χ1v) is 6.14. The summed E-state index contributed by atoms with van der Waals surface area (Å²) in [6.07, 6.45) is 3.83. The first-order chi connectivity index (χ1) is 7.12. The molecule has 0 bridgehead atoms. The molecule has 2 heterocycles. The third-order valence-electron chi connectivity index (χ3n) is 4.00. The lowest BCUT2D eigenvalue weighted by atomic mass is 9.67. The highest BCUT2D eigenvalue weighted by Gasteiger charge is 2.46. The molecule has 88 valence electrons. The quantitative estimate of drug-likeness (QED) is 0.761. The van der Waals surface area contributed by atoms with Crippen molar-refractivity contribution < 1.29 is 4.74 Å². The predicted octanol–water partition coefficient (Wildman–Crippen LogP) is 1.08. The van der Waals surface area contributed by atoms with Crippen molar-refractivity contribution in [1.29, 1.82) is 0 Å². The van der Waals surface area contributed by atoms with Crippen LogP contribution in [0.3, 0.4) is 0 Å². The van der Waals surface area contributed by atoms with Gasteiger partial charge in [-0.3, -0.25) is 0 Å². The van der Waals surface area contributed by atoms with Gasteiger partial charge in [-0.2, -0.15) is 0 Å². The van der Waals surface area contributed by atoms with Crippen molar-refractivity contribution in [3.8, 4) is 0 Å². The highest BCUT2D eigenvalue weighted by molar-refractivity contribution is 4.95. The molecule has 0 amide bonds. The molecule has 2 N–H and O–H groups in total. The summed E-state index contributed by atoms with van der Waals surface area (Å²) in [6, 6.07) is 0.307. The Labute approximate surface area is 93.0 Å². The maximum atomic E-state index is 5.96. The lowest BCUT2D eigenvalue weighted by Gasteiger charge is -2.51. The minimum Gasteiger partial charge on any atom is -0.380 e. The van der Waals surface area contributed by atoms with Crippen LogP contribution in [0.25, 0.3) is 0 Å². The molecule has 2 fully saturated rings. The molecule has 0 aliphatic carbocycles. The standard InChI is InChI=1S/C12H24N2O/c1-10(13)6-12(8-15-9-12)11-4-3-5-14(2)7-11/h10-11H,3-9,13H2,1-2H3. The number of nitrogens with two attached hydrogens (primary N) is 1. The second kappa shape index (κ2) is 4.40. The Bertz CT molecular complexity index is 214. The van der Waals surface area contributed by atoms with Crippen LogP contribution in [0.5, 0.6) is 0 Å². The highest BCUT2D eigenvalue weighted by Crippen LogP contribution is 2.43. The molecule has 2 saturated heterocycles. The van der Waals surface area contributed by atoms with Crippen LogP contribution in [0, 0.1) is 11.3 Å². The van der Waals surface area contributed by atoms with Gasteiger partial charge >= 0.3 is 0 Å². The Hall–Kier alpha value is -0.120. The monoisotopic (exact) mass is 212 g/mol. The molecular weight excluding hydrogens is 188 g/mol. The number of likely N-dealkylation sites (tertiary alicyclic amines) is 1. The lowest BCUT2D eigenvalue weighted by molar-refractivity contribution is -0.162. The fraction of sp³-hybridized carbons (Fsp3) is 1.00. The molecule has 3 nitrogen and oxygen atoms in total. The van der Waals surface area contributed by atoms with Gasteiger partial charge in [-0.15, -0.1) is 0 Å². The SMILES string of the molecule is CC(N)CC1(C2CCCN(C)C2)COC1. The zero-order valence-corrected chi connectivity index (χ0v) is 10.0. The van der Waals surface area contributed by atoms with E-state index in [0.717, 1.165) is 25.6 Å². The van der Waals surface area contributed by atoms with Gasteiger partial charge in [0.2, 0.25) is 0 Å². The van der Waals surface area contributed by atoms with Crippen molar-refractivity contribution in [3.63, 3.8) is 0 Å². The van der Waals surface area contributed by atoms with E-state index in [0.29, 0.717) is 11.5 Å². The molecule has 0 aromatic heterocycles. The van der Waals surface area contributed by atoms with Gasteiger partial charge in [0, 0.05) is 18.0 Å². The summed E-state index contributed by atoms with van der Waals surface area (Å²) in [6.45, 7) is 6.48. The fourth-order valence-electron chi connectivity index (χ4n) is 3.19. The van der Waals surface area contributed by atoms with Crippen molar-refractivity contribution in [2.75, 3.05) is 33.4 Å².